The van der Waals surface area contributed by atoms with Crippen molar-refractivity contribution in [3.63, 3.8) is 0 Å². The zero-order chi connectivity index (χ0) is 19.1. The Labute approximate surface area is 163 Å². The first-order chi connectivity index (χ1) is 12.4. The van der Waals surface area contributed by atoms with Crippen LogP contribution >= 0.6 is 12.2 Å². The van der Waals surface area contributed by atoms with E-state index >= 15 is 0 Å². The normalized spacial score (nSPS) is 15.4. The molecule has 1 saturated heterocycles. The van der Waals surface area contributed by atoms with Gasteiger partial charge in [-0.05, 0) is 88.1 Å². The fourth-order valence-corrected chi connectivity index (χ4v) is 3.29. The highest BCUT2D eigenvalue weighted by Gasteiger charge is 2.14. The number of hydrogen-bond acceptors (Lipinski definition) is 3. The average molecular weight is 377 g/mol. The Balaban J connectivity index is 2.02. The second-order valence-electron chi connectivity index (χ2n) is 7.08. The summed E-state index contributed by atoms with van der Waals surface area (Å²) in [4.78, 5) is 8.67. The summed E-state index contributed by atoms with van der Waals surface area (Å²) in [6.07, 6.45) is 4.58. The lowest BCUT2D eigenvalue weighted by molar-refractivity contribution is 0.339. The minimum atomic E-state index is 0.175. The Morgan fingerprint density at radius 2 is 1.92 bits per heavy atom. The molecule has 6 heteroatoms. The molecule has 0 bridgehead atoms. The molecule has 0 amide bonds. The molecular weight excluding hydrogens is 344 g/mol. The van der Waals surface area contributed by atoms with Crippen LogP contribution in [0.5, 0.6) is 5.75 Å². The number of aryl methyl sites for hydroxylation is 2. The molecule has 0 spiro atoms. The van der Waals surface area contributed by atoms with E-state index in [1.165, 1.54) is 17.5 Å². The van der Waals surface area contributed by atoms with Crippen molar-refractivity contribution in [1.29, 1.82) is 0 Å². The molecule has 1 aromatic carbocycles. The van der Waals surface area contributed by atoms with Crippen molar-refractivity contribution in [2.24, 2.45) is 10.7 Å². The van der Waals surface area contributed by atoms with Gasteiger partial charge in [-0.25, -0.2) is 0 Å². The van der Waals surface area contributed by atoms with Gasteiger partial charge in [-0.1, -0.05) is 13.0 Å². The summed E-state index contributed by atoms with van der Waals surface area (Å²) in [5, 5.41) is 0.175. The van der Waals surface area contributed by atoms with Gasteiger partial charge < -0.3 is 20.3 Å². The molecular formula is C20H32N4OS. The highest BCUT2D eigenvalue weighted by Crippen LogP contribution is 2.24. The number of nitrogens with two attached hydrogens (primary N) is 1. The lowest BCUT2D eigenvalue weighted by atomic mass is 10.0. The SMILES string of the molecule is CCN(C)CCc1cc(C)c(OC(=S)N=C(N)N2CCCCC2)cc1C. The smallest absolute Gasteiger partial charge is 0.292 e. The maximum atomic E-state index is 6.08. The lowest BCUT2D eigenvalue weighted by Crippen LogP contribution is -2.41. The van der Waals surface area contributed by atoms with Gasteiger partial charge >= 0.3 is 0 Å². The maximum absolute atomic E-state index is 6.08. The van der Waals surface area contributed by atoms with Crippen LogP contribution in [0.1, 0.15) is 42.9 Å². The molecule has 0 saturated carbocycles. The standard InChI is InChI=1S/C20H32N4OS/c1-5-23(4)12-9-17-13-16(3)18(14-15(17)2)25-20(26)22-19(21)24-10-7-6-8-11-24/h13-14H,5-12H2,1-4H3,(H2,21,22,26). The maximum Gasteiger partial charge on any atom is 0.292 e. The number of nitrogens with zero attached hydrogens (tertiary/aromatic N) is 3. The third-order valence-electron chi connectivity index (χ3n) is 5.02. The van der Waals surface area contributed by atoms with Crippen LogP contribution in [0.3, 0.4) is 0 Å². The molecule has 1 fully saturated rings. The van der Waals surface area contributed by atoms with Gasteiger partial charge in [-0.2, -0.15) is 4.99 Å². The number of likely N-dealkylation sites (tertiary alicyclic amines) is 1. The van der Waals surface area contributed by atoms with Gasteiger partial charge in [0.25, 0.3) is 5.17 Å². The topological polar surface area (TPSA) is 54.1 Å². The second-order valence-corrected chi connectivity index (χ2v) is 7.43. The van der Waals surface area contributed by atoms with Gasteiger partial charge in [-0.3, -0.25) is 0 Å². The van der Waals surface area contributed by atoms with Gasteiger partial charge in [0.15, 0.2) is 5.96 Å². The van der Waals surface area contributed by atoms with E-state index < -0.39 is 0 Å². The van der Waals surface area contributed by atoms with Crippen LogP contribution in [0.4, 0.5) is 0 Å². The minimum absolute atomic E-state index is 0.175. The summed E-state index contributed by atoms with van der Waals surface area (Å²) < 4.78 is 5.82. The molecule has 26 heavy (non-hydrogen) atoms. The van der Waals surface area contributed by atoms with E-state index in [0.29, 0.717) is 5.96 Å². The molecule has 1 aromatic rings. The van der Waals surface area contributed by atoms with Crippen LogP contribution in [0.25, 0.3) is 0 Å². The van der Waals surface area contributed by atoms with Crippen LogP contribution < -0.4 is 10.5 Å². The first kappa shape index (κ1) is 20.6. The predicted molar refractivity (Wildman–Crippen MR) is 113 cm³/mol. The lowest BCUT2D eigenvalue weighted by Gasteiger charge is -2.27. The summed E-state index contributed by atoms with van der Waals surface area (Å²) >= 11 is 5.30. The molecule has 1 aliphatic rings. The van der Waals surface area contributed by atoms with Gasteiger partial charge in [-0.15, -0.1) is 0 Å². The molecule has 1 aliphatic heterocycles. The quantitative estimate of drug-likeness (QED) is 0.486. The average Bonchev–Trinajstić information content (AvgIpc) is 2.63. The van der Waals surface area contributed by atoms with Crippen molar-refractivity contribution in [2.45, 2.75) is 46.5 Å². The van der Waals surface area contributed by atoms with Crippen molar-refractivity contribution in [3.8, 4) is 5.75 Å². The number of benzene rings is 1. The predicted octanol–water partition coefficient (Wildman–Crippen LogP) is 3.26. The summed E-state index contributed by atoms with van der Waals surface area (Å²) in [6, 6.07) is 4.24. The van der Waals surface area contributed by atoms with E-state index in [0.717, 1.165) is 56.8 Å². The van der Waals surface area contributed by atoms with Crippen molar-refractivity contribution in [1.82, 2.24) is 9.80 Å². The summed E-state index contributed by atoms with van der Waals surface area (Å²) in [7, 11) is 2.14. The first-order valence-electron chi connectivity index (χ1n) is 9.50. The van der Waals surface area contributed by atoms with Crippen LogP contribution in [0, 0.1) is 13.8 Å². The number of rotatable bonds is 5. The van der Waals surface area contributed by atoms with E-state index in [1.54, 1.807) is 0 Å². The second kappa shape index (κ2) is 9.88. The van der Waals surface area contributed by atoms with Crippen LogP contribution in [0.15, 0.2) is 17.1 Å². The van der Waals surface area contributed by atoms with Crippen LogP contribution in [-0.4, -0.2) is 54.2 Å². The molecule has 0 unspecified atom stereocenters. The number of guanidine groups is 1. The van der Waals surface area contributed by atoms with Gasteiger partial charge in [0, 0.05) is 19.6 Å². The summed E-state index contributed by atoms with van der Waals surface area (Å²) in [5.74, 6) is 1.22. The fourth-order valence-electron chi connectivity index (χ4n) is 3.10. The monoisotopic (exact) mass is 376 g/mol. The van der Waals surface area contributed by atoms with E-state index in [1.807, 2.05) is 6.92 Å². The highest BCUT2D eigenvalue weighted by molar-refractivity contribution is 7.80. The number of likely N-dealkylation sites (N-methyl/N-ethyl adjacent to an activating group) is 1. The molecule has 0 aromatic heterocycles. The van der Waals surface area contributed by atoms with E-state index in [4.69, 9.17) is 22.7 Å². The molecule has 2 rings (SSSR count). The third-order valence-corrected chi connectivity index (χ3v) is 5.19. The Hall–Kier alpha value is -1.66. The summed E-state index contributed by atoms with van der Waals surface area (Å²) in [5.41, 5.74) is 9.71. The zero-order valence-corrected chi connectivity index (χ0v) is 17.4. The van der Waals surface area contributed by atoms with Crippen molar-refractivity contribution in [3.05, 3.63) is 28.8 Å². The Morgan fingerprint density at radius 3 is 2.58 bits per heavy atom. The molecule has 0 aliphatic carbocycles. The summed E-state index contributed by atoms with van der Waals surface area (Å²) in [6.45, 7) is 10.3. The number of hydrogen-bond donors (Lipinski definition) is 1. The molecule has 0 atom stereocenters. The van der Waals surface area contributed by atoms with E-state index in [2.05, 4.69) is 47.8 Å². The van der Waals surface area contributed by atoms with Crippen molar-refractivity contribution < 1.29 is 4.74 Å². The van der Waals surface area contributed by atoms with Crippen molar-refractivity contribution >= 4 is 23.4 Å². The van der Waals surface area contributed by atoms with Gasteiger partial charge in [0.1, 0.15) is 5.75 Å². The van der Waals surface area contributed by atoms with E-state index in [-0.39, 0.29) is 5.17 Å². The number of piperidine rings is 1. The molecule has 1 heterocycles. The van der Waals surface area contributed by atoms with Crippen molar-refractivity contribution in [2.75, 3.05) is 33.2 Å². The largest absolute Gasteiger partial charge is 0.430 e. The molecule has 0 radical (unpaired) electrons. The zero-order valence-electron chi connectivity index (χ0n) is 16.5. The van der Waals surface area contributed by atoms with Gasteiger partial charge in [0.2, 0.25) is 0 Å². The highest BCUT2D eigenvalue weighted by atomic mass is 32.1. The Bertz CT molecular complexity index is 653. The number of ether oxygens (including phenoxy) is 1. The van der Waals surface area contributed by atoms with Crippen LogP contribution in [-0.2, 0) is 6.42 Å². The Kier molecular flexibility index (Phi) is 7.85. The van der Waals surface area contributed by atoms with E-state index in [9.17, 15) is 0 Å². The number of aliphatic imine (C=N–C) groups is 1. The molecule has 144 valence electrons. The first-order valence-corrected chi connectivity index (χ1v) is 9.91. The Morgan fingerprint density at radius 1 is 1.23 bits per heavy atom. The third kappa shape index (κ3) is 5.95. The van der Waals surface area contributed by atoms with Crippen LogP contribution in [0.2, 0.25) is 0 Å². The van der Waals surface area contributed by atoms with Gasteiger partial charge in [0.05, 0.1) is 0 Å². The fraction of sp³-hybridized carbons (Fsp3) is 0.600. The molecule has 5 nitrogen and oxygen atoms in total. The molecule has 2 N–H and O–H groups in total. The minimum Gasteiger partial charge on any atom is -0.430 e. The number of thiocarbonyl (C=S) groups is 1.